The Morgan fingerprint density at radius 2 is 1.87 bits per heavy atom. The number of hydrogen-bond acceptors (Lipinski definition) is 2. The fraction of sp³-hybridized carbons (Fsp3) is 0.818. The maximum atomic E-state index is 11.3. The lowest BCUT2D eigenvalue weighted by atomic mass is 9.97. The molecule has 88 valence electrons. The van der Waals surface area contributed by atoms with Gasteiger partial charge in [-0.3, -0.25) is 9.59 Å². The third-order valence-corrected chi connectivity index (χ3v) is 2.46. The van der Waals surface area contributed by atoms with Gasteiger partial charge in [-0.25, -0.2) is 0 Å². The Hall–Kier alpha value is -1.06. The smallest absolute Gasteiger partial charge is 0.306 e. The van der Waals surface area contributed by atoms with E-state index in [0.29, 0.717) is 19.3 Å². The van der Waals surface area contributed by atoms with Crippen LogP contribution in [0.3, 0.4) is 0 Å². The number of hydrogen-bond donors (Lipinski definition) is 1. The van der Waals surface area contributed by atoms with Crippen molar-refractivity contribution in [2.24, 2.45) is 5.92 Å². The standard InChI is InChI=1S/C11H21NO3/c1-4-5-6-9(11(14)15)7-8-10(13)12(2)3/h9H,4-8H2,1-3H3,(H,14,15). The lowest BCUT2D eigenvalue weighted by molar-refractivity contribution is -0.142. The number of rotatable bonds is 7. The second kappa shape index (κ2) is 7.26. The number of amides is 1. The summed E-state index contributed by atoms with van der Waals surface area (Å²) in [4.78, 5) is 23.6. The Bertz CT molecular complexity index is 214. The molecule has 0 aliphatic carbocycles. The molecule has 0 aromatic carbocycles. The van der Waals surface area contributed by atoms with Gasteiger partial charge < -0.3 is 10.0 Å². The van der Waals surface area contributed by atoms with Gasteiger partial charge in [-0.2, -0.15) is 0 Å². The van der Waals surface area contributed by atoms with Crippen molar-refractivity contribution in [1.29, 1.82) is 0 Å². The van der Waals surface area contributed by atoms with Gasteiger partial charge in [-0.05, 0) is 12.8 Å². The molecule has 0 radical (unpaired) electrons. The molecule has 4 heteroatoms. The minimum atomic E-state index is -0.782. The van der Waals surface area contributed by atoms with Crippen LogP contribution in [0.1, 0.15) is 39.0 Å². The minimum absolute atomic E-state index is 0.00208. The highest BCUT2D eigenvalue weighted by Crippen LogP contribution is 2.15. The summed E-state index contributed by atoms with van der Waals surface area (Å²) in [7, 11) is 3.37. The van der Waals surface area contributed by atoms with E-state index in [9.17, 15) is 9.59 Å². The average Bonchev–Trinajstić information content (AvgIpc) is 2.16. The van der Waals surface area contributed by atoms with Crippen LogP contribution in [0.4, 0.5) is 0 Å². The summed E-state index contributed by atoms with van der Waals surface area (Å²) in [6.07, 6.45) is 3.35. The van der Waals surface area contributed by atoms with Crippen LogP contribution in [0, 0.1) is 5.92 Å². The van der Waals surface area contributed by atoms with E-state index in [4.69, 9.17) is 5.11 Å². The molecular formula is C11H21NO3. The molecule has 0 saturated heterocycles. The lowest BCUT2D eigenvalue weighted by Crippen LogP contribution is -2.23. The molecule has 0 fully saturated rings. The molecule has 0 aromatic heterocycles. The van der Waals surface area contributed by atoms with Gasteiger partial charge in [0.15, 0.2) is 0 Å². The second-order valence-corrected chi connectivity index (χ2v) is 4.00. The average molecular weight is 215 g/mol. The van der Waals surface area contributed by atoms with Gasteiger partial charge >= 0.3 is 5.97 Å². The van der Waals surface area contributed by atoms with Crippen molar-refractivity contribution in [1.82, 2.24) is 4.90 Å². The molecule has 0 heterocycles. The van der Waals surface area contributed by atoms with Crippen LogP contribution in [0.15, 0.2) is 0 Å². The van der Waals surface area contributed by atoms with Gasteiger partial charge in [0.25, 0.3) is 0 Å². The number of aliphatic carboxylic acids is 1. The van der Waals surface area contributed by atoms with E-state index in [0.717, 1.165) is 12.8 Å². The summed E-state index contributed by atoms with van der Waals surface area (Å²) in [5.41, 5.74) is 0. The third kappa shape index (κ3) is 6.10. The minimum Gasteiger partial charge on any atom is -0.481 e. The monoisotopic (exact) mass is 215 g/mol. The molecule has 1 amide bonds. The molecule has 15 heavy (non-hydrogen) atoms. The molecule has 0 saturated carbocycles. The maximum Gasteiger partial charge on any atom is 0.306 e. The summed E-state index contributed by atoms with van der Waals surface area (Å²) in [5.74, 6) is -1.15. The van der Waals surface area contributed by atoms with Crippen LogP contribution in [0.5, 0.6) is 0 Å². The Kier molecular flexibility index (Phi) is 6.75. The van der Waals surface area contributed by atoms with Gasteiger partial charge in [0.05, 0.1) is 5.92 Å². The molecule has 0 rings (SSSR count). The van der Waals surface area contributed by atoms with E-state index in [1.54, 1.807) is 14.1 Å². The van der Waals surface area contributed by atoms with Crippen LogP contribution in [0.25, 0.3) is 0 Å². The van der Waals surface area contributed by atoms with Crippen molar-refractivity contribution in [3.63, 3.8) is 0 Å². The molecule has 0 bridgehead atoms. The fourth-order valence-electron chi connectivity index (χ4n) is 1.36. The summed E-state index contributed by atoms with van der Waals surface area (Å²) >= 11 is 0. The van der Waals surface area contributed by atoms with Crippen LogP contribution < -0.4 is 0 Å². The number of carboxylic acid groups (broad SMARTS) is 1. The first-order valence-electron chi connectivity index (χ1n) is 5.42. The highest BCUT2D eigenvalue weighted by Gasteiger charge is 2.18. The fourth-order valence-corrected chi connectivity index (χ4v) is 1.36. The summed E-state index contributed by atoms with van der Waals surface area (Å²) in [5, 5.41) is 8.93. The number of nitrogens with zero attached hydrogens (tertiary/aromatic N) is 1. The van der Waals surface area contributed by atoms with Crippen molar-refractivity contribution in [2.45, 2.75) is 39.0 Å². The van der Waals surface area contributed by atoms with E-state index in [2.05, 4.69) is 0 Å². The number of carbonyl (C=O) groups excluding carboxylic acids is 1. The summed E-state index contributed by atoms with van der Waals surface area (Å²) in [6, 6.07) is 0. The molecule has 1 unspecified atom stereocenters. The van der Waals surface area contributed by atoms with Crippen LogP contribution in [-0.2, 0) is 9.59 Å². The zero-order chi connectivity index (χ0) is 11.8. The van der Waals surface area contributed by atoms with Crippen LogP contribution >= 0.6 is 0 Å². The topological polar surface area (TPSA) is 57.6 Å². The normalized spacial score (nSPS) is 12.2. The van der Waals surface area contributed by atoms with Crippen molar-refractivity contribution in [2.75, 3.05) is 14.1 Å². The lowest BCUT2D eigenvalue weighted by Gasteiger charge is -2.14. The molecular weight excluding hydrogens is 194 g/mol. The summed E-state index contributed by atoms with van der Waals surface area (Å²) in [6.45, 7) is 2.03. The molecule has 1 N–H and O–H groups in total. The van der Waals surface area contributed by atoms with Gasteiger partial charge in [0, 0.05) is 20.5 Å². The molecule has 0 spiro atoms. The zero-order valence-electron chi connectivity index (χ0n) is 9.82. The van der Waals surface area contributed by atoms with Crippen molar-refractivity contribution in [3.05, 3.63) is 0 Å². The van der Waals surface area contributed by atoms with Crippen LogP contribution in [-0.4, -0.2) is 36.0 Å². The summed E-state index contributed by atoms with van der Waals surface area (Å²) < 4.78 is 0. The van der Waals surface area contributed by atoms with E-state index in [-0.39, 0.29) is 11.8 Å². The number of carboxylic acids is 1. The quantitative estimate of drug-likeness (QED) is 0.703. The highest BCUT2D eigenvalue weighted by atomic mass is 16.4. The highest BCUT2D eigenvalue weighted by molar-refractivity contribution is 5.77. The molecule has 4 nitrogen and oxygen atoms in total. The molecule has 0 aliphatic heterocycles. The first-order valence-corrected chi connectivity index (χ1v) is 5.42. The van der Waals surface area contributed by atoms with E-state index < -0.39 is 5.97 Å². The Labute approximate surface area is 91.3 Å². The van der Waals surface area contributed by atoms with E-state index in [1.807, 2.05) is 6.92 Å². The van der Waals surface area contributed by atoms with E-state index in [1.165, 1.54) is 4.90 Å². The van der Waals surface area contributed by atoms with Gasteiger partial charge in [-0.15, -0.1) is 0 Å². The molecule has 1 atom stereocenters. The van der Waals surface area contributed by atoms with Crippen molar-refractivity contribution in [3.8, 4) is 0 Å². The number of carbonyl (C=O) groups is 2. The van der Waals surface area contributed by atoms with E-state index >= 15 is 0 Å². The SMILES string of the molecule is CCCCC(CCC(=O)N(C)C)C(=O)O. The predicted octanol–water partition coefficient (Wildman–Crippen LogP) is 1.75. The van der Waals surface area contributed by atoms with Gasteiger partial charge in [0.2, 0.25) is 5.91 Å². The largest absolute Gasteiger partial charge is 0.481 e. The first-order chi connectivity index (χ1) is 6.99. The van der Waals surface area contributed by atoms with Crippen molar-refractivity contribution >= 4 is 11.9 Å². The zero-order valence-corrected chi connectivity index (χ0v) is 9.82. The van der Waals surface area contributed by atoms with Gasteiger partial charge in [0.1, 0.15) is 0 Å². The Morgan fingerprint density at radius 1 is 1.27 bits per heavy atom. The molecule has 0 aliphatic rings. The first kappa shape index (κ1) is 13.9. The van der Waals surface area contributed by atoms with Crippen molar-refractivity contribution < 1.29 is 14.7 Å². The van der Waals surface area contributed by atoms with Gasteiger partial charge in [-0.1, -0.05) is 19.8 Å². The molecule has 0 aromatic rings. The number of unbranched alkanes of at least 4 members (excludes halogenated alkanes) is 1. The Balaban J connectivity index is 3.96. The Morgan fingerprint density at radius 3 is 2.27 bits per heavy atom. The maximum absolute atomic E-state index is 11.3. The third-order valence-electron chi connectivity index (χ3n) is 2.46. The second-order valence-electron chi connectivity index (χ2n) is 4.00. The van der Waals surface area contributed by atoms with Crippen LogP contribution in [0.2, 0.25) is 0 Å². The predicted molar refractivity (Wildman–Crippen MR) is 58.6 cm³/mol.